The molecule has 0 spiro atoms. The molecule has 0 aliphatic rings. The Bertz CT molecular complexity index is 569. The standard InChI is InChI=1S/C11H12FN5O2/c1-7(11(18)19)4-5-17-10(14-15-16-17)9-3-2-8(12)6-13-9/h2-3,6-7H,4-5H2,1H3,(H,18,19). The molecule has 2 aromatic heterocycles. The van der Waals surface area contributed by atoms with E-state index in [1.807, 2.05) is 0 Å². The van der Waals surface area contributed by atoms with Crippen LogP contribution in [0, 0.1) is 11.7 Å². The Hall–Kier alpha value is -2.38. The first-order chi connectivity index (χ1) is 9.08. The van der Waals surface area contributed by atoms with Crippen LogP contribution in [0.4, 0.5) is 4.39 Å². The second-order valence-corrected chi connectivity index (χ2v) is 4.12. The van der Waals surface area contributed by atoms with E-state index in [0.29, 0.717) is 24.5 Å². The summed E-state index contributed by atoms with van der Waals surface area (Å²) in [6, 6.07) is 2.74. The van der Waals surface area contributed by atoms with E-state index in [2.05, 4.69) is 20.5 Å². The molecular weight excluding hydrogens is 253 g/mol. The fraction of sp³-hybridized carbons (Fsp3) is 0.364. The number of hydrogen-bond donors (Lipinski definition) is 1. The lowest BCUT2D eigenvalue weighted by molar-refractivity contribution is -0.141. The van der Waals surface area contributed by atoms with Crippen molar-refractivity contribution in [3.8, 4) is 11.5 Å². The van der Waals surface area contributed by atoms with E-state index in [-0.39, 0.29) is 0 Å². The first-order valence-electron chi connectivity index (χ1n) is 5.69. The van der Waals surface area contributed by atoms with Gasteiger partial charge in [-0.15, -0.1) is 5.10 Å². The Labute approximate surface area is 108 Å². The van der Waals surface area contributed by atoms with E-state index in [1.54, 1.807) is 6.92 Å². The van der Waals surface area contributed by atoms with Crippen molar-refractivity contribution >= 4 is 5.97 Å². The molecule has 100 valence electrons. The highest BCUT2D eigenvalue weighted by Gasteiger charge is 2.14. The van der Waals surface area contributed by atoms with Gasteiger partial charge in [-0.1, -0.05) is 6.92 Å². The van der Waals surface area contributed by atoms with E-state index in [0.717, 1.165) is 6.20 Å². The Morgan fingerprint density at radius 2 is 2.32 bits per heavy atom. The third kappa shape index (κ3) is 3.09. The maximum absolute atomic E-state index is 12.8. The Morgan fingerprint density at radius 3 is 2.95 bits per heavy atom. The first kappa shape index (κ1) is 13.1. The van der Waals surface area contributed by atoms with Crippen LogP contribution in [0.15, 0.2) is 18.3 Å². The third-order valence-electron chi connectivity index (χ3n) is 2.68. The Kier molecular flexibility index (Phi) is 3.79. The summed E-state index contributed by atoms with van der Waals surface area (Å²) >= 11 is 0. The summed E-state index contributed by atoms with van der Waals surface area (Å²) in [5, 5.41) is 19.9. The van der Waals surface area contributed by atoms with Crippen molar-refractivity contribution in [2.75, 3.05) is 0 Å². The van der Waals surface area contributed by atoms with E-state index in [1.165, 1.54) is 16.8 Å². The molecule has 0 saturated carbocycles. The lowest BCUT2D eigenvalue weighted by atomic mass is 10.1. The number of halogens is 1. The van der Waals surface area contributed by atoms with Crippen molar-refractivity contribution in [1.82, 2.24) is 25.2 Å². The molecule has 0 aromatic carbocycles. The molecule has 0 radical (unpaired) electrons. The molecule has 0 bridgehead atoms. The molecule has 1 unspecified atom stereocenters. The fourth-order valence-electron chi connectivity index (χ4n) is 1.49. The molecule has 2 aromatic rings. The van der Waals surface area contributed by atoms with Crippen molar-refractivity contribution < 1.29 is 14.3 Å². The fourth-order valence-corrected chi connectivity index (χ4v) is 1.49. The van der Waals surface area contributed by atoms with Crippen LogP contribution in [-0.2, 0) is 11.3 Å². The molecule has 0 fully saturated rings. The minimum absolute atomic E-state index is 0.356. The molecule has 0 aliphatic carbocycles. The van der Waals surface area contributed by atoms with Gasteiger partial charge in [0, 0.05) is 6.54 Å². The van der Waals surface area contributed by atoms with Gasteiger partial charge in [0.05, 0.1) is 12.1 Å². The minimum Gasteiger partial charge on any atom is -0.481 e. The number of nitrogens with zero attached hydrogens (tertiary/aromatic N) is 5. The van der Waals surface area contributed by atoms with Crippen molar-refractivity contribution in [3.63, 3.8) is 0 Å². The Morgan fingerprint density at radius 1 is 1.53 bits per heavy atom. The van der Waals surface area contributed by atoms with Crippen molar-refractivity contribution in [1.29, 1.82) is 0 Å². The number of carboxylic acids is 1. The number of aryl methyl sites for hydroxylation is 1. The van der Waals surface area contributed by atoms with Crippen LogP contribution in [0.2, 0.25) is 0 Å². The number of rotatable bonds is 5. The van der Waals surface area contributed by atoms with Gasteiger partial charge in [-0.2, -0.15) is 0 Å². The van der Waals surface area contributed by atoms with Crippen LogP contribution in [0.3, 0.4) is 0 Å². The van der Waals surface area contributed by atoms with Gasteiger partial charge in [0.1, 0.15) is 11.5 Å². The predicted octanol–water partition coefficient (Wildman–Crippen LogP) is 0.985. The quantitative estimate of drug-likeness (QED) is 0.866. The van der Waals surface area contributed by atoms with E-state index >= 15 is 0 Å². The highest BCUT2D eigenvalue weighted by Crippen LogP contribution is 2.14. The zero-order chi connectivity index (χ0) is 13.8. The molecule has 1 N–H and O–H groups in total. The smallest absolute Gasteiger partial charge is 0.306 e. The van der Waals surface area contributed by atoms with Crippen LogP contribution in [0.25, 0.3) is 11.5 Å². The average molecular weight is 265 g/mol. The van der Waals surface area contributed by atoms with Crippen molar-refractivity contribution in [3.05, 3.63) is 24.1 Å². The molecular formula is C11H12FN5O2. The maximum atomic E-state index is 12.8. The lowest BCUT2D eigenvalue weighted by Gasteiger charge is -2.07. The Balaban J connectivity index is 2.14. The average Bonchev–Trinajstić information content (AvgIpc) is 2.85. The maximum Gasteiger partial charge on any atom is 0.306 e. The lowest BCUT2D eigenvalue weighted by Crippen LogP contribution is -2.14. The van der Waals surface area contributed by atoms with Gasteiger partial charge in [-0.3, -0.25) is 4.79 Å². The number of pyridine rings is 1. The van der Waals surface area contributed by atoms with E-state index < -0.39 is 17.7 Å². The highest BCUT2D eigenvalue weighted by atomic mass is 19.1. The number of tetrazole rings is 1. The molecule has 0 amide bonds. The van der Waals surface area contributed by atoms with Crippen LogP contribution in [-0.4, -0.2) is 36.3 Å². The van der Waals surface area contributed by atoms with E-state index in [9.17, 15) is 9.18 Å². The molecule has 0 saturated heterocycles. The zero-order valence-electron chi connectivity index (χ0n) is 10.2. The summed E-state index contributed by atoms with van der Waals surface area (Å²) in [4.78, 5) is 14.6. The van der Waals surface area contributed by atoms with E-state index in [4.69, 9.17) is 5.11 Å². The molecule has 1 atom stereocenters. The summed E-state index contributed by atoms with van der Waals surface area (Å²) in [6.07, 6.45) is 1.47. The van der Waals surface area contributed by atoms with Gasteiger partial charge < -0.3 is 5.11 Å². The van der Waals surface area contributed by atoms with Crippen LogP contribution < -0.4 is 0 Å². The summed E-state index contributed by atoms with van der Waals surface area (Å²) in [6.45, 7) is 1.97. The molecule has 2 heterocycles. The van der Waals surface area contributed by atoms with Crippen molar-refractivity contribution in [2.45, 2.75) is 19.9 Å². The predicted molar refractivity (Wildman–Crippen MR) is 62.4 cm³/mol. The normalized spacial score (nSPS) is 12.3. The minimum atomic E-state index is -0.866. The van der Waals surface area contributed by atoms with Gasteiger partial charge >= 0.3 is 5.97 Å². The van der Waals surface area contributed by atoms with Gasteiger partial charge in [0.15, 0.2) is 0 Å². The third-order valence-corrected chi connectivity index (χ3v) is 2.68. The number of hydrogen-bond acceptors (Lipinski definition) is 5. The summed E-state index contributed by atoms with van der Waals surface area (Å²) < 4.78 is 14.2. The molecule has 8 heteroatoms. The number of carboxylic acid groups (broad SMARTS) is 1. The van der Waals surface area contributed by atoms with Gasteiger partial charge in [0.2, 0.25) is 5.82 Å². The van der Waals surface area contributed by atoms with Gasteiger partial charge in [-0.25, -0.2) is 14.1 Å². The number of aromatic nitrogens is 5. The largest absolute Gasteiger partial charge is 0.481 e. The summed E-state index contributed by atoms with van der Waals surface area (Å²) in [5.41, 5.74) is 0.439. The van der Waals surface area contributed by atoms with Gasteiger partial charge in [-0.05, 0) is 29.0 Å². The number of aliphatic carboxylic acids is 1. The molecule has 19 heavy (non-hydrogen) atoms. The monoisotopic (exact) mass is 265 g/mol. The zero-order valence-corrected chi connectivity index (χ0v) is 10.2. The molecule has 7 nitrogen and oxygen atoms in total. The second-order valence-electron chi connectivity index (χ2n) is 4.12. The highest BCUT2D eigenvalue weighted by molar-refractivity contribution is 5.69. The second kappa shape index (κ2) is 5.51. The summed E-state index contributed by atoms with van der Waals surface area (Å²) in [7, 11) is 0. The molecule has 2 rings (SSSR count). The number of carbonyl (C=O) groups is 1. The van der Waals surface area contributed by atoms with Crippen LogP contribution >= 0.6 is 0 Å². The first-order valence-corrected chi connectivity index (χ1v) is 5.69. The SMILES string of the molecule is CC(CCn1nnnc1-c1ccc(F)cn1)C(=O)O. The topological polar surface area (TPSA) is 93.8 Å². The van der Waals surface area contributed by atoms with Gasteiger partial charge in [0.25, 0.3) is 0 Å². The van der Waals surface area contributed by atoms with Crippen LogP contribution in [0.1, 0.15) is 13.3 Å². The molecule has 0 aliphatic heterocycles. The summed E-state index contributed by atoms with van der Waals surface area (Å²) in [5.74, 6) is -1.41. The van der Waals surface area contributed by atoms with Crippen molar-refractivity contribution in [2.24, 2.45) is 5.92 Å². The van der Waals surface area contributed by atoms with Crippen LogP contribution in [0.5, 0.6) is 0 Å².